The molecule has 0 aliphatic carbocycles. The van der Waals surface area contributed by atoms with Crippen molar-refractivity contribution in [2.24, 2.45) is 5.92 Å². The van der Waals surface area contributed by atoms with Crippen molar-refractivity contribution in [1.82, 2.24) is 0 Å². The Kier molecular flexibility index (Phi) is 6.75. The molecular weight excluding hydrogens is 472 g/mol. The molecule has 0 saturated heterocycles. The zero-order valence-corrected chi connectivity index (χ0v) is 21.6. The Labute approximate surface area is 211 Å². The summed E-state index contributed by atoms with van der Waals surface area (Å²) < 4.78 is 31.9. The van der Waals surface area contributed by atoms with Crippen molar-refractivity contribution >= 4 is 26.6 Å². The molecule has 36 heavy (non-hydrogen) atoms. The first kappa shape index (κ1) is 25.2. The van der Waals surface area contributed by atoms with Gasteiger partial charge < -0.3 is 9.29 Å². The lowest BCUT2D eigenvalue weighted by Gasteiger charge is -2.33. The first-order valence-corrected chi connectivity index (χ1v) is 13.2. The quantitative estimate of drug-likeness (QED) is 0.210. The third-order valence-corrected chi connectivity index (χ3v) is 7.86. The number of phenolic OH excluding ortho intramolecular Hbond substituents is 1. The zero-order valence-electron chi connectivity index (χ0n) is 20.8. The molecule has 4 aromatic rings. The number of aromatic hydroxyl groups is 1. The van der Waals surface area contributed by atoms with Gasteiger partial charge in [-0.1, -0.05) is 74.9 Å². The van der Waals surface area contributed by atoms with Gasteiger partial charge in [-0.2, -0.15) is 8.42 Å². The van der Waals surface area contributed by atoms with Gasteiger partial charge in [-0.3, -0.25) is 0 Å². The predicted octanol–water partition coefficient (Wildman–Crippen LogP) is 7.46. The summed E-state index contributed by atoms with van der Waals surface area (Å²) in [6.45, 7) is 8.65. The van der Waals surface area contributed by atoms with E-state index in [1.54, 1.807) is 18.2 Å². The zero-order chi connectivity index (χ0) is 26.1. The third kappa shape index (κ3) is 4.77. The molecule has 0 spiro atoms. The molecule has 0 amide bonds. The maximum Gasteiger partial charge on any atom is 0.426 e. The van der Waals surface area contributed by atoms with Crippen LogP contribution in [-0.4, -0.2) is 13.5 Å². The van der Waals surface area contributed by atoms with E-state index in [2.05, 4.69) is 56.9 Å². The molecule has 7 heteroatoms. The van der Waals surface area contributed by atoms with Crippen LogP contribution in [0, 0.1) is 18.2 Å². The second-order valence-corrected chi connectivity index (χ2v) is 11.3. The first-order valence-electron chi connectivity index (χ1n) is 11.8. The average Bonchev–Trinajstić information content (AvgIpc) is 2.84. The minimum Gasteiger partial charge on any atom is -0.501 e. The molecule has 0 bridgehead atoms. The summed E-state index contributed by atoms with van der Waals surface area (Å²) in [6.07, 6.45) is 0.927. The molecule has 4 aromatic carbocycles. The molecule has 6 nitrogen and oxygen atoms in total. The van der Waals surface area contributed by atoms with Crippen molar-refractivity contribution in [2.75, 3.05) is 0 Å². The van der Waals surface area contributed by atoms with E-state index in [0.29, 0.717) is 5.92 Å². The van der Waals surface area contributed by atoms with E-state index in [4.69, 9.17) is 9.58 Å². The summed E-state index contributed by atoms with van der Waals surface area (Å²) in [5, 5.41) is 19.9. The SMILES string of the molecule is Cc1ccc(C(C)(CC(C)C)c2ccc(OS(=O)(=O)c3cccc4c(O)c([N+]#N)ccc34)cc2)cc1. The maximum absolute atomic E-state index is 13.2. The Hall–Kier alpha value is -3.89. The number of aryl methyl sites for hydroxylation is 1. The maximum atomic E-state index is 13.2. The minimum atomic E-state index is -4.20. The number of phenols is 1. The van der Waals surface area contributed by atoms with E-state index >= 15 is 0 Å². The van der Waals surface area contributed by atoms with Crippen LogP contribution in [0.3, 0.4) is 0 Å². The summed E-state index contributed by atoms with van der Waals surface area (Å²) in [7, 11) is -4.20. The van der Waals surface area contributed by atoms with E-state index in [1.807, 2.05) is 12.1 Å². The van der Waals surface area contributed by atoms with E-state index in [0.717, 1.165) is 12.0 Å². The molecule has 0 heterocycles. The standard InChI is InChI=1S/C29H28N2O4S/c1-19(2)18-29(4,21-10-8-20(3)9-11-21)22-12-14-23(15-13-22)35-36(33,34)27-7-5-6-25-24(27)16-17-26(31-30)28(25)32/h5-17,19H,18H2,1-4H3/p+1. The number of hydrogen-bond acceptors (Lipinski definition) is 5. The molecule has 0 fully saturated rings. The fourth-order valence-corrected chi connectivity index (χ4v) is 5.94. The average molecular weight is 502 g/mol. The smallest absolute Gasteiger partial charge is 0.426 e. The van der Waals surface area contributed by atoms with E-state index in [-0.39, 0.29) is 38.3 Å². The molecule has 4 rings (SSSR count). The van der Waals surface area contributed by atoms with Crippen molar-refractivity contribution in [3.05, 3.63) is 101 Å². The van der Waals surface area contributed by atoms with Gasteiger partial charge in [0.15, 0.2) is 4.98 Å². The molecular formula is C29H29N2O4S+. The van der Waals surface area contributed by atoms with Crippen LogP contribution in [0.5, 0.6) is 11.5 Å². The Morgan fingerprint density at radius 2 is 1.53 bits per heavy atom. The molecule has 0 aliphatic heterocycles. The third-order valence-electron chi connectivity index (χ3n) is 6.55. The molecule has 0 aromatic heterocycles. The fraction of sp³-hybridized carbons (Fsp3) is 0.241. The van der Waals surface area contributed by atoms with Gasteiger partial charge in [-0.05, 0) is 54.7 Å². The van der Waals surface area contributed by atoms with Gasteiger partial charge in [0.05, 0.1) is 0 Å². The van der Waals surface area contributed by atoms with Gasteiger partial charge in [0.25, 0.3) is 0 Å². The predicted molar refractivity (Wildman–Crippen MR) is 142 cm³/mol. The van der Waals surface area contributed by atoms with Gasteiger partial charge in [-0.25, -0.2) is 0 Å². The van der Waals surface area contributed by atoms with Crippen LogP contribution in [0.4, 0.5) is 5.69 Å². The van der Waals surface area contributed by atoms with E-state index < -0.39 is 10.1 Å². The summed E-state index contributed by atoms with van der Waals surface area (Å²) in [5.41, 5.74) is 3.17. The van der Waals surface area contributed by atoms with Crippen LogP contribution in [0.1, 0.15) is 43.9 Å². The van der Waals surface area contributed by atoms with Crippen LogP contribution < -0.4 is 4.18 Å². The van der Waals surface area contributed by atoms with Crippen LogP contribution in [0.2, 0.25) is 0 Å². The fourth-order valence-electron chi connectivity index (χ4n) is 4.79. The van der Waals surface area contributed by atoms with Crippen molar-refractivity contribution in [2.45, 2.75) is 44.4 Å². The lowest BCUT2D eigenvalue weighted by Crippen LogP contribution is -2.25. The molecule has 0 aliphatic rings. The van der Waals surface area contributed by atoms with Gasteiger partial charge in [0.1, 0.15) is 10.6 Å². The number of benzene rings is 4. The second-order valence-electron chi connectivity index (χ2n) is 9.74. The van der Waals surface area contributed by atoms with Crippen LogP contribution in [0.25, 0.3) is 15.7 Å². The van der Waals surface area contributed by atoms with Gasteiger partial charge in [-0.15, -0.1) is 0 Å². The lowest BCUT2D eigenvalue weighted by atomic mass is 9.71. The summed E-state index contributed by atoms with van der Waals surface area (Å²) in [4.78, 5) is 2.93. The van der Waals surface area contributed by atoms with Crippen molar-refractivity contribution in [3.63, 3.8) is 0 Å². The molecule has 1 unspecified atom stereocenters. The summed E-state index contributed by atoms with van der Waals surface area (Å²) in [6, 6.07) is 23.0. The number of rotatable bonds is 7. The highest BCUT2D eigenvalue weighted by Crippen LogP contribution is 2.40. The minimum absolute atomic E-state index is 0.0495. The van der Waals surface area contributed by atoms with E-state index in [9.17, 15) is 13.5 Å². The van der Waals surface area contributed by atoms with E-state index in [1.165, 1.54) is 35.4 Å². The van der Waals surface area contributed by atoms with Gasteiger partial charge in [0, 0.05) is 22.3 Å². The summed E-state index contributed by atoms with van der Waals surface area (Å²) in [5.74, 6) is 0.337. The van der Waals surface area contributed by atoms with Crippen LogP contribution in [0.15, 0.2) is 83.8 Å². The molecule has 1 N–H and O–H groups in total. The Morgan fingerprint density at radius 3 is 2.11 bits per heavy atom. The highest BCUT2D eigenvalue weighted by molar-refractivity contribution is 7.87. The monoisotopic (exact) mass is 501 g/mol. The number of fused-ring (bicyclic) bond motifs is 1. The molecule has 1 atom stereocenters. The Morgan fingerprint density at radius 1 is 0.917 bits per heavy atom. The highest BCUT2D eigenvalue weighted by Gasteiger charge is 2.30. The van der Waals surface area contributed by atoms with Gasteiger partial charge in [0.2, 0.25) is 11.1 Å². The second kappa shape index (κ2) is 9.63. The van der Waals surface area contributed by atoms with Crippen LogP contribution >= 0.6 is 0 Å². The van der Waals surface area contributed by atoms with Crippen molar-refractivity contribution in [1.29, 1.82) is 5.39 Å². The number of nitrogens with zero attached hydrogens (tertiary/aromatic N) is 2. The number of diazo groups is 1. The Bertz CT molecular complexity index is 1550. The first-order chi connectivity index (χ1) is 17.0. The normalized spacial score (nSPS) is 13.3. The van der Waals surface area contributed by atoms with Crippen molar-refractivity contribution in [3.8, 4) is 11.5 Å². The Balaban J connectivity index is 1.68. The lowest BCUT2D eigenvalue weighted by molar-refractivity contribution is 0.427. The topological polar surface area (TPSA) is 91.8 Å². The van der Waals surface area contributed by atoms with Crippen LogP contribution in [-0.2, 0) is 15.5 Å². The van der Waals surface area contributed by atoms with Gasteiger partial charge >= 0.3 is 15.8 Å². The molecule has 0 radical (unpaired) electrons. The number of hydrogen-bond donors (Lipinski definition) is 1. The largest absolute Gasteiger partial charge is 0.501 e. The van der Waals surface area contributed by atoms with Crippen molar-refractivity contribution < 1.29 is 17.7 Å². The molecule has 184 valence electrons. The molecule has 0 saturated carbocycles. The summed E-state index contributed by atoms with van der Waals surface area (Å²) >= 11 is 0. The highest BCUT2D eigenvalue weighted by atomic mass is 32.2.